The summed E-state index contributed by atoms with van der Waals surface area (Å²) in [5.74, 6) is 0.291. The predicted octanol–water partition coefficient (Wildman–Crippen LogP) is 3.51. The standard InChI is InChI=1S/C26H21FN5O2/c1-15-6-3-4-9-20(15)32-18(12-17-7-5-8-19(27)22(17)26(32)34)13-31-21(11-10-16(2)33)23-24(28)29-14-30-25(23)31/h3-9,12,14,16,33H,13H2,1-2H3,(H2,28,29,30)/q+1. The molecule has 0 saturated carbocycles. The van der Waals surface area contributed by atoms with Crippen molar-refractivity contribution in [2.24, 2.45) is 0 Å². The van der Waals surface area contributed by atoms with Gasteiger partial charge >= 0.3 is 0 Å². The second-order valence-corrected chi connectivity index (χ2v) is 8.10. The van der Waals surface area contributed by atoms with Crippen LogP contribution < -0.4 is 16.2 Å². The Hall–Kier alpha value is -4.35. The minimum absolute atomic E-state index is 0.0307. The SMILES string of the molecule is Cc1ccccc1-n1c(CN2C(=C=[C+]C(C)O)c3c(N)ncnc32)cc2cccc(F)c2c1=O. The molecule has 0 bridgehead atoms. The molecule has 8 heteroatoms. The van der Waals surface area contributed by atoms with Gasteiger partial charge in [0.1, 0.15) is 12.1 Å². The van der Waals surface area contributed by atoms with Gasteiger partial charge in [-0.2, -0.15) is 0 Å². The molecule has 3 N–H and O–H groups in total. The van der Waals surface area contributed by atoms with Crippen molar-refractivity contribution in [1.82, 2.24) is 14.5 Å². The van der Waals surface area contributed by atoms with Crippen molar-refractivity contribution in [3.05, 3.63) is 99.7 Å². The number of halogens is 1. The van der Waals surface area contributed by atoms with Crippen LogP contribution in [0.2, 0.25) is 0 Å². The third kappa shape index (κ3) is 3.43. The molecule has 1 aliphatic rings. The van der Waals surface area contributed by atoms with Gasteiger partial charge in [0, 0.05) is 5.69 Å². The number of nitrogen functional groups attached to an aromatic ring is 1. The molecule has 1 atom stereocenters. The largest absolute Gasteiger partial charge is 0.381 e. The minimum atomic E-state index is -0.835. The van der Waals surface area contributed by atoms with E-state index in [0.717, 1.165) is 5.56 Å². The van der Waals surface area contributed by atoms with Crippen LogP contribution in [0.25, 0.3) is 22.2 Å². The number of nitrogens with zero attached hydrogens (tertiary/aromatic N) is 4. The molecule has 0 radical (unpaired) electrons. The van der Waals surface area contributed by atoms with Crippen LogP contribution in [-0.4, -0.2) is 25.7 Å². The number of aliphatic hydroxyl groups excluding tert-OH is 1. The van der Waals surface area contributed by atoms with Crippen LogP contribution in [-0.2, 0) is 6.54 Å². The molecule has 5 rings (SSSR count). The lowest BCUT2D eigenvalue weighted by Crippen LogP contribution is -2.35. The Balaban J connectivity index is 1.75. The van der Waals surface area contributed by atoms with Gasteiger partial charge in [0.25, 0.3) is 5.56 Å². The summed E-state index contributed by atoms with van der Waals surface area (Å²) in [7, 11) is 0. The first-order valence-electron chi connectivity index (χ1n) is 10.7. The summed E-state index contributed by atoms with van der Waals surface area (Å²) in [4.78, 5) is 23.8. The smallest absolute Gasteiger partial charge is 0.266 e. The Bertz CT molecular complexity index is 1570. The second kappa shape index (κ2) is 8.21. The van der Waals surface area contributed by atoms with Gasteiger partial charge in [0.15, 0.2) is 35.1 Å². The zero-order chi connectivity index (χ0) is 24.0. The van der Waals surface area contributed by atoms with Gasteiger partial charge in [-0.1, -0.05) is 30.3 Å². The van der Waals surface area contributed by atoms with E-state index in [4.69, 9.17) is 5.73 Å². The highest BCUT2D eigenvalue weighted by Gasteiger charge is 2.42. The fraction of sp³-hybridized carbons (Fsp3) is 0.154. The van der Waals surface area contributed by atoms with Gasteiger partial charge in [0.2, 0.25) is 5.70 Å². The third-order valence-electron chi connectivity index (χ3n) is 5.77. The first-order chi connectivity index (χ1) is 16.4. The van der Waals surface area contributed by atoms with E-state index in [-0.39, 0.29) is 17.7 Å². The summed E-state index contributed by atoms with van der Waals surface area (Å²) in [6, 6.07) is 13.8. The summed E-state index contributed by atoms with van der Waals surface area (Å²) in [5.41, 5.74) is 11.9. The molecule has 168 valence electrons. The quantitative estimate of drug-likeness (QED) is 0.362. The molecular weight excluding hydrogens is 433 g/mol. The topological polar surface area (TPSA) is 97.3 Å². The highest BCUT2D eigenvalue weighted by atomic mass is 19.1. The summed E-state index contributed by atoms with van der Waals surface area (Å²) >= 11 is 0. The molecule has 2 aromatic heterocycles. The lowest BCUT2D eigenvalue weighted by Gasteiger charge is -2.30. The molecule has 1 unspecified atom stereocenters. The monoisotopic (exact) mass is 454 g/mol. The summed E-state index contributed by atoms with van der Waals surface area (Å²) in [6.07, 6.45) is 3.26. The number of fused-ring (bicyclic) bond motifs is 2. The van der Waals surface area contributed by atoms with Crippen LogP contribution >= 0.6 is 0 Å². The van der Waals surface area contributed by atoms with Gasteiger partial charge in [-0.25, -0.2) is 19.3 Å². The molecule has 0 saturated heterocycles. The Morgan fingerprint density at radius 3 is 2.76 bits per heavy atom. The van der Waals surface area contributed by atoms with Crippen LogP contribution in [0.1, 0.15) is 23.7 Å². The lowest BCUT2D eigenvalue weighted by atomic mass is 10.0. The average Bonchev–Trinajstić information content (AvgIpc) is 2.79. The van der Waals surface area contributed by atoms with E-state index in [0.29, 0.717) is 33.8 Å². The molecule has 0 amide bonds. The molecule has 3 heterocycles. The number of aromatic nitrogens is 3. The van der Waals surface area contributed by atoms with E-state index in [9.17, 15) is 14.3 Å². The second-order valence-electron chi connectivity index (χ2n) is 8.10. The maximum atomic E-state index is 14.7. The normalized spacial score (nSPS) is 13.2. The van der Waals surface area contributed by atoms with E-state index in [2.05, 4.69) is 21.8 Å². The van der Waals surface area contributed by atoms with Crippen molar-refractivity contribution in [2.45, 2.75) is 26.5 Å². The number of aliphatic hydroxyl groups is 1. The van der Waals surface area contributed by atoms with Crippen molar-refractivity contribution >= 4 is 28.1 Å². The van der Waals surface area contributed by atoms with Crippen molar-refractivity contribution in [1.29, 1.82) is 0 Å². The number of hydrogen-bond donors (Lipinski definition) is 2. The van der Waals surface area contributed by atoms with Crippen LogP contribution in [0.3, 0.4) is 0 Å². The summed E-state index contributed by atoms with van der Waals surface area (Å²) < 4.78 is 16.2. The van der Waals surface area contributed by atoms with Crippen molar-refractivity contribution in [3.8, 4) is 5.69 Å². The predicted molar refractivity (Wildman–Crippen MR) is 129 cm³/mol. The fourth-order valence-corrected chi connectivity index (χ4v) is 4.20. The Morgan fingerprint density at radius 1 is 1.21 bits per heavy atom. The molecule has 0 spiro atoms. The summed E-state index contributed by atoms with van der Waals surface area (Å²) in [6.45, 7) is 3.69. The highest BCUT2D eigenvalue weighted by Crippen LogP contribution is 2.43. The maximum Gasteiger partial charge on any atom is 0.266 e. The van der Waals surface area contributed by atoms with Gasteiger partial charge in [-0.15, -0.1) is 0 Å². The zero-order valence-electron chi connectivity index (χ0n) is 18.6. The number of pyridine rings is 1. The Morgan fingerprint density at radius 2 is 2.00 bits per heavy atom. The summed E-state index contributed by atoms with van der Waals surface area (Å²) in [5, 5.41) is 10.2. The Labute approximate surface area is 194 Å². The van der Waals surface area contributed by atoms with Crippen LogP contribution in [0.15, 0.2) is 65.4 Å². The molecule has 0 fully saturated rings. The molecule has 7 nitrogen and oxygen atoms in total. The maximum absolute atomic E-state index is 14.7. The number of nitrogens with two attached hydrogens (primary N) is 1. The number of benzene rings is 2. The van der Waals surface area contributed by atoms with Gasteiger partial charge in [0.05, 0.1) is 17.6 Å². The van der Waals surface area contributed by atoms with E-state index >= 15 is 0 Å². The zero-order valence-corrected chi connectivity index (χ0v) is 18.6. The molecular formula is C26H21FN5O2+. The number of rotatable bonds is 4. The van der Waals surface area contributed by atoms with E-state index < -0.39 is 17.5 Å². The van der Waals surface area contributed by atoms with Crippen molar-refractivity contribution < 1.29 is 9.50 Å². The minimum Gasteiger partial charge on any atom is -0.381 e. The molecule has 1 aliphatic heterocycles. The molecule has 2 aromatic carbocycles. The number of para-hydroxylation sites is 1. The first-order valence-corrected chi connectivity index (χ1v) is 10.7. The average molecular weight is 454 g/mol. The van der Waals surface area contributed by atoms with Crippen LogP contribution in [0.4, 0.5) is 16.0 Å². The fourth-order valence-electron chi connectivity index (χ4n) is 4.20. The molecule has 0 aliphatic carbocycles. The van der Waals surface area contributed by atoms with Crippen molar-refractivity contribution in [3.63, 3.8) is 0 Å². The van der Waals surface area contributed by atoms with Gasteiger partial charge in [-0.3, -0.25) is 9.36 Å². The van der Waals surface area contributed by atoms with Gasteiger partial charge in [-0.05, 0) is 43.0 Å². The van der Waals surface area contributed by atoms with Gasteiger partial charge < -0.3 is 10.8 Å². The van der Waals surface area contributed by atoms with Crippen LogP contribution in [0.5, 0.6) is 0 Å². The third-order valence-corrected chi connectivity index (χ3v) is 5.77. The van der Waals surface area contributed by atoms with E-state index in [1.807, 2.05) is 36.1 Å². The number of hydrogen-bond acceptors (Lipinski definition) is 6. The lowest BCUT2D eigenvalue weighted by molar-refractivity contribution is 0.237. The van der Waals surface area contributed by atoms with Crippen LogP contribution in [0, 0.1) is 18.8 Å². The first kappa shape index (κ1) is 21.5. The van der Waals surface area contributed by atoms with E-state index in [1.165, 1.54) is 17.0 Å². The highest BCUT2D eigenvalue weighted by molar-refractivity contribution is 5.98. The number of anilines is 2. The molecule has 34 heavy (non-hydrogen) atoms. The molecule has 4 aromatic rings. The number of aryl methyl sites for hydroxylation is 1. The Kier molecular flexibility index (Phi) is 5.19. The van der Waals surface area contributed by atoms with Crippen molar-refractivity contribution in [2.75, 3.05) is 10.6 Å². The van der Waals surface area contributed by atoms with E-state index in [1.54, 1.807) is 25.1 Å².